The molecule has 0 aromatic carbocycles. The van der Waals surface area contributed by atoms with Gasteiger partial charge >= 0.3 is 0 Å². The maximum Gasteiger partial charge on any atom is 0.0658 e. The number of nitrogens with zero attached hydrogens (tertiary/aromatic N) is 1. The summed E-state index contributed by atoms with van der Waals surface area (Å²) in [6.45, 7) is 4.83. The average molecular weight is 316 g/mol. The Bertz CT molecular complexity index is 393. The lowest BCUT2D eigenvalue weighted by molar-refractivity contribution is 0.165. The maximum atomic E-state index is 9.75. The predicted octanol–water partition coefficient (Wildman–Crippen LogP) is 6.59. The Morgan fingerprint density at radius 3 is 1.52 bits per heavy atom. The Morgan fingerprint density at radius 1 is 0.565 bits per heavy atom. The first-order valence-corrected chi connectivity index (χ1v) is 10.6. The molecule has 130 valence electrons. The zero-order chi connectivity index (χ0) is 16.2. The number of hydrogen-bond donors (Lipinski definition) is 0. The molecule has 3 aliphatic rings. The minimum Gasteiger partial charge on any atom is -0.198 e. The van der Waals surface area contributed by atoms with Gasteiger partial charge in [-0.25, -0.2) is 0 Å². The van der Waals surface area contributed by atoms with Crippen LogP contribution in [0.3, 0.4) is 0 Å². The van der Waals surface area contributed by atoms with Crippen molar-refractivity contribution in [2.75, 3.05) is 0 Å². The van der Waals surface area contributed by atoms with Crippen molar-refractivity contribution in [1.82, 2.24) is 0 Å². The fourth-order valence-electron chi connectivity index (χ4n) is 6.03. The third-order valence-corrected chi connectivity index (χ3v) is 7.80. The fraction of sp³-hybridized carbons (Fsp3) is 0.955. The molecule has 0 aromatic rings. The predicted molar refractivity (Wildman–Crippen MR) is 96.8 cm³/mol. The summed E-state index contributed by atoms with van der Waals surface area (Å²) in [5.41, 5.74) is 0. The van der Waals surface area contributed by atoms with Gasteiger partial charge in [0.05, 0.1) is 6.07 Å². The Hall–Kier alpha value is -0.510. The summed E-state index contributed by atoms with van der Waals surface area (Å²) in [6.07, 6.45) is 16.8. The monoisotopic (exact) mass is 315 g/mol. The Morgan fingerprint density at radius 2 is 1.00 bits per heavy atom. The molecule has 1 heteroatoms. The van der Waals surface area contributed by atoms with Gasteiger partial charge in [0.15, 0.2) is 0 Å². The van der Waals surface area contributed by atoms with Gasteiger partial charge in [-0.2, -0.15) is 5.26 Å². The van der Waals surface area contributed by atoms with Crippen LogP contribution in [0.5, 0.6) is 0 Å². The van der Waals surface area contributed by atoms with Crippen molar-refractivity contribution in [2.45, 2.75) is 90.9 Å². The van der Waals surface area contributed by atoms with Crippen molar-refractivity contribution in [3.63, 3.8) is 0 Å². The van der Waals surface area contributed by atoms with Gasteiger partial charge < -0.3 is 0 Å². The van der Waals surface area contributed by atoms with E-state index in [9.17, 15) is 5.26 Å². The summed E-state index contributed by atoms with van der Waals surface area (Å²) >= 11 is 0. The topological polar surface area (TPSA) is 23.8 Å². The first-order chi connectivity index (χ1) is 11.2. The highest BCUT2D eigenvalue weighted by Crippen LogP contribution is 2.46. The molecular weight excluding hydrogens is 278 g/mol. The van der Waals surface area contributed by atoms with Gasteiger partial charge in [0.2, 0.25) is 0 Å². The average Bonchev–Trinajstić information content (AvgIpc) is 2.79. The Kier molecular flexibility index (Phi) is 6.06. The van der Waals surface area contributed by atoms with Gasteiger partial charge in [-0.3, -0.25) is 0 Å². The van der Waals surface area contributed by atoms with Gasteiger partial charge in [-0.1, -0.05) is 39.5 Å². The van der Waals surface area contributed by atoms with Crippen LogP contribution in [-0.4, -0.2) is 0 Å². The minimum atomic E-state index is 0.362. The van der Waals surface area contributed by atoms with Crippen molar-refractivity contribution in [3.8, 4) is 6.07 Å². The summed E-state index contributed by atoms with van der Waals surface area (Å²) in [5.74, 6) is 5.75. The first kappa shape index (κ1) is 17.3. The van der Waals surface area contributed by atoms with Gasteiger partial charge in [-0.05, 0) is 86.9 Å². The van der Waals surface area contributed by atoms with E-state index >= 15 is 0 Å². The zero-order valence-corrected chi connectivity index (χ0v) is 15.5. The molecule has 3 atom stereocenters. The normalized spacial score (nSPS) is 45.9. The van der Waals surface area contributed by atoms with Crippen LogP contribution in [0, 0.1) is 52.8 Å². The maximum absolute atomic E-state index is 9.75. The summed E-state index contributed by atoms with van der Waals surface area (Å²) in [4.78, 5) is 0. The molecule has 0 radical (unpaired) electrons. The highest BCUT2D eigenvalue weighted by molar-refractivity contribution is 4.95. The van der Waals surface area contributed by atoms with E-state index in [0.717, 1.165) is 35.5 Å². The Labute approximate surface area is 144 Å². The first-order valence-electron chi connectivity index (χ1n) is 10.6. The lowest BCUT2D eigenvalue weighted by Crippen LogP contribution is -2.26. The molecule has 0 bridgehead atoms. The summed E-state index contributed by atoms with van der Waals surface area (Å²) in [7, 11) is 0. The van der Waals surface area contributed by atoms with Gasteiger partial charge in [0.1, 0.15) is 0 Å². The smallest absolute Gasteiger partial charge is 0.0658 e. The highest BCUT2D eigenvalue weighted by Gasteiger charge is 2.36. The third-order valence-electron chi connectivity index (χ3n) is 7.80. The molecule has 3 aliphatic carbocycles. The molecule has 23 heavy (non-hydrogen) atoms. The van der Waals surface area contributed by atoms with Crippen LogP contribution in [0.2, 0.25) is 0 Å². The van der Waals surface area contributed by atoms with E-state index in [1.165, 1.54) is 77.0 Å². The van der Waals surface area contributed by atoms with Gasteiger partial charge in [0.25, 0.3) is 0 Å². The second kappa shape index (κ2) is 8.04. The van der Waals surface area contributed by atoms with Crippen molar-refractivity contribution >= 4 is 0 Å². The van der Waals surface area contributed by atoms with Crippen LogP contribution >= 0.6 is 0 Å². The minimum absolute atomic E-state index is 0.362. The largest absolute Gasteiger partial charge is 0.198 e. The molecule has 0 aromatic heterocycles. The second-order valence-corrected chi connectivity index (χ2v) is 9.35. The summed E-state index contributed by atoms with van der Waals surface area (Å²) in [6, 6.07) is 2.73. The lowest BCUT2D eigenvalue weighted by atomic mass is 9.70. The van der Waals surface area contributed by atoms with E-state index in [4.69, 9.17) is 0 Å². The van der Waals surface area contributed by atoms with Crippen molar-refractivity contribution in [2.24, 2.45) is 41.4 Å². The van der Waals surface area contributed by atoms with E-state index in [-0.39, 0.29) is 0 Å². The van der Waals surface area contributed by atoms with E-state index in [0.29, 0.717) is 5.92 Å². The quantitative estimate of drug-likeness (QED) is 0.528. The molecule has 3 saturated carbocycles. The molecule has 2 unspecified atom stereocenters. The molecule has 3 rings (SSSR count). The Balaban J connectivity index is 1.59. The van der Waals surface area contributed by atoms with Crippen molar-refractivity contribution in [3.05, 3.63) is 0 Å². The van der Waals surface area contributed by atoms with Crippen molar-refractivity contribution in [1.29, 1.82) is 5.26 Å². The second-order valence-electron chi connectivity index (χ2n) is 9.35. The third kappa shape index (κ3) is 4.32. The molecular formula is C22H37N. The van der Waals surface area contributed by atoms with Crippen LogP contribution in [0.1, 0.15) is 90.9 Å². The lowest BCUT2D eigenvalue weighted by Gasteiger charge is -2.34. The van der Waals surface area contributed by atoms with E-state index < -0.39 is 0 Å². The number of rotatable bonds is 2. The van der Waals surface area contributed by atoms with Crippen LogP contribution in [0.25, 0.3) is 0 Å². The molecule has 3 fully saturated rings. The van der Waals surface area contributed by atoms with Gasteiger partial charge in [-0.15, -0.1) is 0 Å². The van der Waals surface area contributed by atoms with Crippen LogP contribution < -0.4 is 0 Å². The van der Waals surface area contributed by atoms with Gasteiger partial charge in [0, 0.05) is 5.92 Å². The van der Waals surface area contributed by atoms with Crippen molar-refractivity contribution < 1.29 is 0 Å². The summed E-state index contributed by atoms with van der Waals surface area (Å²) < 4.78 is 0. The highest BCUT2D eigenvalue weighted by atomic mass is 14.4. The zero-order valence-electron chi connectivity index (χ0n) is 15.5. The molecule has 0 heterocycles. The van der Waals surface area contributed by atoms with E-state index in [1.54, 1.807) is 0 Å². The number of nitriles is 1. The van der Waals surface area contributed by atoms with Crippen LogP contribution in [0.4, 0.5) is 0 Å². The molecule has 0 aliphatic heterocycles. The number of hydrogen-bond acceptors (Lipinski definition) is 1. The molecule has 0 N–H and O–H groups in total. The van der Waals surface area contributed by atoms with Crippen LogP contribution in [0.15, 0.2) is 0 Å². The molecule has 0 saturated heterocycles. The molecule has 0 spiro atoms. The SMILES string of the molecule is CC1CCC(C2CCC(C3CCC(C)CC3)[C@H](C#N)CC2)CC1. The summed E-state index contributed by atoms with van der Waals surface area (Å²) in [5, 5.41) is 9.75. The fourth-order valence-corrected chi connectivity index (χ4v) is 6.03. The van der Waals surface area contributed by atoms with Crippen LogP contribution in [-0.2, 0) is 0 Å². The molecule has 0 amide bonds. The standard InChI is InChI=1S/C22H37N/c1-16-3-7-18(8-4-16)19-11-12-21(15-23)22(14-13-19)20-9-5-17(2)6-10-20/h16-22H,3-14H2,1-2H3/t16?,17?,18?,19?,20?,21-,22?/m0/s1. The molecule has 1 nitrogen and oxygen atoms in total. The van der Waals surface area contributed by atoms with E-state index in [2.05, 4.69) is 19.9 Å². The van der Waals surface area contributed by atoms with E-state index in [1.807, 2.05) is 0 Å².